The minimum atomic E-state index is -0.0201. The molecule has 6 heteroatoms. The molecule has 25 heavy (non-hydrogen) atoms. The van der Waals surface area contributed by atoms with Crippen LogP contribution in [0.1, 0.15) is 24.0 Å². The SMILES string of the molecule is C#CCN1CCC2NC(=O)N(c3nc4c5c(ccc4s3)CCC5)C2C1. The summed E-state index contributed by atoms with van der Waals surface area (Å²) < 4.78 is 1.18. The number of carbonyl (C=O) groups is 1. The van der Waals surface area contributed by atoms with E-state index in [1.54, 1.807) is 11.3 Å². The van der Waals surface area contributed by atoms with Crippen LogP contribution in [-0.2, 0) is 12.8 Å². The summed E-state index contributed by atoms with van der Waals surface area (Å²) in [5.74, 6) is 2.72. The number of amides is 2. The zero-order valence-corrected chi connectivity index (χ0v) is 14.8. The largest absolute Gasteiger partial charge is 0.333 e. The minimum Gasteiger partial charge on any atom is -0.333 e. The number of nitrogens with one attached hydrogen (secondary N) is 1. The molecule has 2 aromatic rings. The highest BCUT2D eigenvalue weighted by Gasteiger charge is 2.44. The van der Waals surface area contributed by atoms with Crippen LogP contribution in [0.4, 0.5) is 9.93 Å². The van der Waals surface area contributed by atoms with Gasteiger partial charge in [-0.05, 0) is 42.9 Å². The molecule has 1 aromatic carbocycles. The molecule has 3 heterocycles. The number of benzene rings is 1. The Labute approximate surface area is 151 Å². The zero-order valence-electron chi connectivity index (χ0n) is 14.0. The van der Waals surface area contributed by atoms with Gasteiger partial charge in [0.1, 0.15) is 0 Å². The molecule has 5 rings (SSSR count). The van der Waals surface area contributed by atoms with Gasteiger partial charge >= 0.3 is 6.03 Å². The predicted molar refractivity (Wildman–Crippen MR) is 100 cm³/mol. The number of hydrogen-bond acceptors (Lipinski definition) is 4. The molecule has 2 fully saturated rings. The molecule has 0 spiro atoms. The van der Waals surface area contributed by atoms with Crippen LogP contribution in [0.2, 0.25) is 0 Å². The van der Waals surface area contributed by atoms with Gasteiger partial charge in [0.05, 0.1) is 28.8 Å². The summed E-state index contributed by atoms with van der Waals surface area (Å²) in [6, 6.07) is 4.68. The predicted octanol–water partition coefficient (Wildman–Crippen LogP) is 2.39. The minimum absolute atomic E-state index is 0.0201. The van der Waals surface area contributed by atoms with Gasteiger partial charge in [-0.25, -0.2) is 9.78 Å². The topological polar surface area (TPSA) is 48.5 Å². The third kappa shape index (κ3) is 2.34. The highest BCUT2D eigenvalue weighted by atomic mass is 32.1. The van der Waals surface area contributed by atoms with Crippen molar-refractivity contribution in [2.45, 2.75) is 37.8 Å². The van der Waals surface area contributed by atoms with Crippen LogP contribution in [0.5, 0.6) is 0 Å². The maximum Gasteiger partial charge on any atom is 0.324 e. The molecule has 2 saturated heterocycles. The number of fused-ring (bicyclic) bond motifs is 4. The first-order chi connectivity index (χ1) is 12.2. The number of anilines is 1. The summed E-state index contributed by atoms with van der Waals surface area (Å²) in [4.78, 5) is 21.7. The lowest BCUT2D eigenvalue weighted by Crippen LogP contribution is -2.51. The number of aromatic nitrogens is 1. The van der Waals surface area contributed by atoms with Gasteiger partial charge in [0.25, 0.3) is 0 Å². The number of likely N-dealkylation sites (tertiary alicyclic amines) is 1. The van der Waals surface area contributed by atoms with Gasteiger partial charge in [0, 0.05) is 13.1 Å². The molecule has 2 atom stereocenters. The van der Waals surface area contributed by atoms with Crippen LogP contribution in [0.3, 0.4) is 0 Å². The van der Waals surface area contributed by atoms with E-state index in [2.05, 4.69) is 28.3 Å². The highest BCUT2D eigenvalue weighted by molar-refractivity contribution is 7.22. The van der Waals surface area contributed by atoms with Gasteiger partial charge in [-0.3, -0.25) is 9.80 Å². The molecule has 0 bridgehead atoms. The van der Waals surface area contributed by atoms with E-state index in [1.807, 2.05) is 4.90 Å². The van der Waals surface area contributed by atoms with Gasteiger partial charge in [-0.15, -0.1) is 6.42 Å². The molecule has 1 aliphatic carbocycles. The lowest BCUT2D eigenvalue weighted by molar-refractivity contribution is 0.216. The van der Waals surface area contributed by atoms with E-state index < -0.39 is 0 Å². The quantitative estimate of drug-likeness (QED) is 0.845. The highest BCUT2D eigenvalue weighted by Crippen LogP contribution is 2.38. The van der Waals surface area contributed by atoms with Gasteiger partial charge in [-0.1, -0.05) is 23.3 Å². The fraction of sp³-hybridized carbons (Fsp3) is 0.474. The van der Waals surface area contributed by atoms with Gasteiger partial charge < -0.3 is 5.32 Å². The number of carbonyl (C=O) groups excluding carboxylic acids is 1. The van der Waals surface area contributed by atoms with E-state index in [4.69, 9.17) is 11.4 Å². The molecule has 1 N–H and O–H groups in total. The van der Waals surface area contributed by atoms with Crippen molar-refractivity contribution in [2.24, 2.45) is 0 Å². The van der Waals surface area contributed by atoms with Crippen molar-refractivity contribution in [1.29, 1.82) is 0 Å². The first kappa shape index (κ1) is 15.2. The number of piperidine rings is 1. The van der Waals surface area contributed by atoms with Crippen LogP contribution >= 0.6 is 11.3 Å². The maximum atomic E-state index is 12.6. The molecular weight excluding hydrogens is 332 g/mol. The Hall–Kier alpha value is -2.10. The van der Waals surface area contributed by atoms with Crippen LogP contribution in [0, 0.1) is 12.3 Å². The van der Waals surface area contributed by atoms with Crippen molar-refractivity contribution in [1.82, 2.24) is 15.2 Å². The number of aryl methyl sites for hydroxylation is 2. The van der Waals surface area contributed by atoms with Gasteiger partial charge in [-0.2, -0.15) is 0 Å². The number of terminal acetylenes is 1. The molecule has 5 nitrogen and oxygen atoms in total. The van der Waals surface area contributed by atoms with Crippen molar-refractivity contribution < 1.29 is 4.79 Å². The monoisotopic (exact) mass is 352 g/mol. The summed E-state index contributed by atoms with van der Waals surface area (Å²) in [5.41, 5.74) is 3.90. The van der Waals surface area contributed by atoms with Crippen molar-refractivity contribution in [3.63, 3.8) is 0 Å². The Morgan fingerprint density at radius 3 is 3.20 bits per heavy atom. The lowest BCUT2D eigenvalue weighted by atomic mass is 10.0. The molecule has 2 unspecified atom stereocenters. The van der Waals surface area contributed by atoms with Crippen LogP contribution in [0.25, 0.3) is 10.2 Å². The van der Waals surface area contributed by atoms with E-state index in [0.717, 1.165) is 43.0 Å². The average Bonchev–Trinajstić information content (AvgIpc) is 3.28. The van der Waals surface area contributed by atoms with E-state index in [-0.39, 0.29) is 18.1 Å². The van der Waals surface area contributed by atoms with Crippen molar-refractivity contribution >= 4 is 32.7 Å². The average molecular weight is 352 g/mol. The summed E-state index contributed by atoms with van der Waals surface area (Å²) in [7, 11) is 0. The Morgan fingerprint density at radius 1 is 1.40 bits per heavy atom. The standard InChI is InChI=1S/C19H20N4OS/c1-2-9-22-10-8-14-15(11-22)23(18(24)20-14)19-21-17-13-5-3-4-12(13)6-7-16(17)25-19/h1,6-7,14-15H,3-5,8-11H2,(H,20,24). The molecule has 0 radical (unpaired) electrons. The lowest BCUT2D eigenvalue weighted by Gasteiger charge is -2.35. The normalized spacial score (nSPS) is 25.7. The third-order valence-corrected chi connectivity index (χ3v) is 6.69. The third-order valence-electron chi connectivity index (χ3n) is 5.67. The van der Waals surface area contributed by atoms with E-state index in [9.17, 15) is 4.79 Å². The molecule has 2 amide bonds. The zero-order chi connectivity index (χ0) is 17.0. The molecule has 1 aromatic heterocycles. The Kier molecular flexibility index (Phi) is 3.47. The van der Waals surface area contributed by atoms with E-state index in [1.165, 1.54) is 22.2 Å². The Balaban J connectivity index is 1.52. The van der Waals surface area contributed by atoms with Crippen molar-refractivity contribution in [3.8, 4) is 12.3 Å². The number of urea groups is 1. The number of nitrogens with zero attached hydrogens (tertiary/aromatic N) is 3. The smallest absolute Gasteiger partial charge is 0.324 e. The van der Waals surface area contributed by atoms with Crippen LogP contribution in [0.15, 0.2) is 12.1 Å². The first-order valence-electron chi connectivity index (χ1n) is 8.91. The second kappa shape index (κ2) is 5.72. The van der Waals surface area contributed by atoms with E-state index >= 15 is 0 Å². The molecular formula is C19H20N4OS. The number of hydrogen-bond donors (Lipinski definition) is 1. The molecule has 128 valence electrons. The Bertz CT molecular complexity index is 899. The maximum absolute atomic E-state index is 12.6. The van der Waals surface area contributed by atoms with Crippen molar-refractivity contribution in [2.75, 3.05) is 24.5 Å². The first-order valence-corrected chi connectivity index (χ1v) is 9.73. The van der Waals surface area contributed by atoms with E-state index in [0.29, 0.717) is 6.54 Å². The summed E-state index contributed by atoms with van der Waals surface area (Å²) in [6.45, 7) is 2.38. The summed E-state index contributed by atoms with van der Waals surface area (Å²) in [6.07, 6.45) is 9.87. The van der Waals surface area contributed by atoms with Gasteiger partial charge in [0.15, 0.2) is 5.13 Å². The Morgan fingerprint density at radius 2 is 2.32 bits per heavy atom. The molecule has 2 aliphatic heterocycles. The summed E-state index contributed by atoms with van der Waals surface area (Å²) >= 11 is 1.63. The fourth-order valence-electron chi connectivity index (χ4n) is 4.46. The van der Waals surface area contributed by atoms with Crippen molar-refractivity contribution in [3.05, 3.63) is 23.3 Å². The molecule has 0 saturated carbocycles. The van der Waals surface area contributed by atoms with Crippen LogP contribution < -0.4 is 10.2 Å². The fourth-order valence-corrected chi connectivity index (χ4v) is 5.51. The number of rotatable bonds is 2. The second-order valence-electron chi connectivity index (χ2n) is 7.12. The van der Waals surface area contributed by atoms with Crippen LogP contribution in [-0.4, -0.2) is 47.6 Å². The molecule has 3 aliphatic rings. The summed E-state index contributed by atoms with van der Waals surface area (Å²) in [5, 5.41) is 3.96. The van der Waals surface area contributed by atoms with Gasteiger partial charge in [0.2, 0.25) is 0 Å². The second-order valence-corrected chi connectivity index (χ2v) is 8.13. The number of thiazole rings is 1.